The van der Waals surface area contributed by atoms with Gasteiger partial charge in [0.15, 0.2) is 0 Å². The maximum atomic E-state index is 7.68. The van der Waals surface area contributed by atoms with Gasteiger partial charge in [0.05, 0.1) is 0 Å². The highest BCUT2D eigenvalue weighted by atomic mass is 13.9. The van der Waals surface area contributed by atoms with E-state index in [9.17, 15) is 0 Å². The second-order valence-electron chi connectivity index (χ2n) is 3.00. The summed E-state index contributed by atoms with van der Waals surface area (Å²) in [6.45, 7) is 5.87. The standard InChI is InChI=1S/C11H22/c1-3-5-7-9-11-10-8-6-4-2/h3H,1,4-11H2,2H3/i10D. The molecule has 0 amide bonds. The molecule has 0 aliphatic carbocycles. The average molecular weight is 155 g/mol. The minimum atomic E-state index is 0.190. The Balaban J connectivity index is 3.07. The van der Waals surface area contributed by atoms with Gasteiger partial charge in [-0.05, 0) is 12.8 Å². The molecule has 66 valence electrons. The van der Waals surface area contributed by atoms with Gasteiger partial charge in [-0.25, -0.2) is 0 Å². The molecule has 1 unspecified atom stereocenters. The molecule has 0 fully saturated rings. The molecule has 0 bridgehead atoms. The van der Waals surface area contributed by atoms with E-state index < -0.39 is 0 Å². The van der Waals surface area contributed by atoms with Gasteiger partial charge in [0.1, 0.15) is 0 Å². The topological polar surface area (TPSA) is 0 Å². The first-order valence-electron chi connectivity index (χ1n) is 5.42. The maximum absolute atomic E-state index is 7.68. The highest BCUT2D eigenvalue weighted by Crippen LogP contribution is 2.07. The van der Waals surface area contributed by atoms with E-state index in [4.69, 9.17) is 1.37 Å². The summed E-state index contributed by atoms with van der Waals surface area (Å²) in [5.41, 5.74) is 0. The third kappa shape index (κ3) is 9.74. The smallest absolute Gasteiger partial charge is 0.0267 e. The fourth-order valence-electron chi connectivity index (χ4n) is 1.07. The lowest BCUT2D eigenvalue weighted by atomic mass is 10.1. The second-order valence-corrected chi connectivity index (χ2v) is 3.00. The van der Waals surface area contributed by atoms with Gasteiger partial charge >= 0.3 is 0 Å². The highest BCUT2D eigenvalue weighted by Gasteiger charge is 1.88. The highest BCUT2D eigenvalue weighted by molar-refractivity contribution is 4.65. The zero-order chi connectivity index (χ0) is 9.23. The Labute approximate surface area is 73.1 Å². The largest absolute Gasteiger partial charge is 0.103 e. The number of hydrogen-bond donors (Lipinski definition) is 0. The van der Waals surface area contributed by atoms with Crippen LogP contribution in [0.3, 0.4) is 0 Å². The lowest BCUT2D eigenvalue weighted by Crippen LogP contribution is -1.78. The van der Waals surface area contributed by atoms with Gasteiger partial charge in [-0.2, -0.15) is 0 Å². The Bertz CT molecular complexity index is 99.2. The van der Waals surface area contributed by atoms with Crippen molar-refractivity contribution in [3.05, 3.63) is 12.7 Å². The molecule has 0 heteroatoms. The van der Waals surface area contributed by atoms with Crippen molar-refractivity contribution < 1.29 is 1.37 Å². The Morgan fingerprint density at radius 1 is 1.18 bits per heavy atom. The van der Waals surface area contributed by atoms with Crippen molar-refractivity contribution in [2.45, 2.75) is 58.3 Å². The summed E-state index contributed by atoms with van der Waals surface area (Å²) in [7, 11) is 0. The molecule has 0 heterocycles. The van der Waals surface area contributed by atoms with Crippen LogP contribution in [0.4, 0.5) is 0 Å². The van der Waals surface area contributed by atoms with E-state index >= 15 is 0 Å². The number of rotatable bonds is 8. The SMILES string of the molecule is [2H]C(CCCC)CCCCC=C. The van der Waals surface area contributed by atoms with E-state index in [1.807, 2.05) is 6.08 Å². The lowest BCUT2D eigenvalue weighted by molar-refractivity contribution is 0.592. The summed E-state index contributed by atoms with van der Waals surface area (Å²) < 4.78 is 7.68. The van der Waals surface area contributed by atoms with E-state index in [1.165, 1.54) is 25.7 Å². The van der Waals surface area contributed by atoms with E-state index in [1.54, 1.807) is 0 Å². The Kier molecular flexibility index (Phi) is 7.82. The van der Waals surface area contributed by atoms with Crippen LogP contribution in [-0.2, 0) is 0 Å². The van der Waals surface area contributed by atoms with Gasteiger partial charge in [-0.15, -0.1) is 6.58 Å². The lowest BCUT2D eigenvalue weighted by Gasteiger charge is -1.98. The summed E-state index contributed by atoms with van der Waals surface area (Å²) in [6, 6.07) is 0. The fraction of sp³-hybridized carbons (Fsp3) is 0.818. The van der Waals surface area contributed by atoms with Gasteiger partial charge in [-0.1, -0.05) is 51.5 Å². The molecule has 0 nitrogen and oxygen atoms in total. The predicted octanol–water partition coefficient (Wildman–Crippen LogP) is 4.31. The van der Waals surface area contributed by atoms with Crippen LogP contribution < -0.4 is 0 Å². The minimum absolute atomic E-state index is 0.190. The normalized spacial score (nSPS) is 14.1. The van der Waals surface area contributed by atoms with Crippen molar-refractivity contribution in [2.24, 2.45) is 0 Å². The van der Waals surface area contributed by atoms with Gasteiger partial charge in [0.25, 0.3) is 0 Å². The molecule has 1 atom stereocenters. The van der Waals surface area contributed by atoms with Crippen molar-refractivity contribution in [2.75, 3.05) is 0 Å². The first-order valence-corrected chi connectivity index (χ1v) is 4.84. The molecule has 0 aromatic rings. The summed E-state index contributed by atoms with van der Waals surface area (Å²) >= 11 is 0. The Hall–Kier alpha value is -0.260. The number of hydrogen-bond acceptors (Lipinski definition) is 0. The third-order valence-corrected chi connectivity index (χ3v) is 1.83. The van der Waals surface area contributed by atoms with Crippen LogP contribution in [0.1, 0.15) is 59.6 Å². The van der Waals surface area contributed by atoms with Crippen molar-refractivity contribution in [3.63, 3.8) is 0 Å². The molecule has 0 aromatic carbocycles. The maximum Gasteiger partial charge on any atom is 0.0267 e. The second kappa shape index (κ2) is 9.74. The monoisotopic (exact) mass is 155 g/mol. The van der Waals surface area contributed by atoms with Gasteiger partial charge in [0.2, 0.25) is 0 Å². The molecule has 0 spiro atoms. The molecule has 0 aliphatic rings. The van der Waals surface area contributed by atoms with Gasteiger partial charge in [-0.3, -0.25) is 0 Å². The van der Waals surface area contributed by atoms with Crippen molar-refractivity contribution >= 4 is 0 Å². The quantitative estimate of drug-likeness (QED) is 0.362. The van der Waals surface area contributed by atoms with Crippen LogP contribution in [0.5, 0.6) is 0 Å². The van der Waals surface area contributed by atoms with Crippen LogP contribution in [-0.4, -0.2) is 0 Å². The Morgan fingerprint density at radius 3 is 2.55 bits per heavy atom. The molecular weight excluding hydrogens is 132 g/mol. The van der Waals surface area contributed by atoms with Crippen molar-refractivity contribution in [1.29, 1.82) is 0 Å². The zero-order valence-corrected chi connectivity index (χ0v) is 7.81. The van der Waals surface area contributed by atoms with Crippen LogP contribution >= 0.6 is 0 Å². The molecular formula is C11H22. The zero-order valence-electron chi connectivity index (χ0n) is 8.81. The molecule has 0 radical (unpaired) electrons. The van der Waals surface area contributed by atoms with Crippen molar-refractivity contribution in [3.8, 4) is 0 Å². The molecule has 0 rings (SSSR count). The summed E-state index contributed by atoms with van der Waals surface area (Å²) in [5.74, 6) is 0. The van der Waals surface area contributed by atoms with E-state index in [-0.39, 0.29) is 6.40 Å². The molecule has 11 heavy (non-hydrogen) atoms. The predicted molar refractivity (Wildman–Crippen MR) is 52.8 cm³/mol. The molecule has 0 saturated carbocycles. The average Bonchev–Trinajstić information content (AvgIpc) is 2.09. The molecule has 0 N–H and O–H groups in total. The van der Waals surface area contributed by atoms with E-state index in [0.29, 0.717) is 0 Å². The number of allylic oxidation sites excluding steroid dienone is 1. The number of unbranched alkanes of at least 4 members (excludes halogenated alkanes) is 3. The van der Waals surface area contributed by atoms with Crippen molar-refractivity contribution in [1.82, 2.24) is 0 Å². The van der Waals surface area contributed by atoms with Crippen LogP contribution in [0.15, 0.2) is 12.7 Å². The third-order valence-electron chi connectivity index (χ3n) is 1.83. The van der Waals surface area contributed by atoms with Crippen LogP contribution in [0.2, 0.25) is 0 Å². The van der Waals surface area contributed by atoms with Gasteiger partial charge in [0, 0.05) is 1.37 Å². The Morgan fingerprint density at radius 2 is 1.91 bits per heavy atom. The summed E-state index contributed by atoms with van der Waals surface area (Å²) in [5, 5.41) is 0. The van der Waals surface area contributed by atoms with Crippen LogP contribution in [0.25, 0.3) is 0 Å². The van der Waals surface area contributed by atoms with Crippen LogP contribution in [0, 0.1) is 0 Å². The van der Waals surface area contributed by atoms with E-state index in [2.05, 4.69) is 13.5 Å². The first-order chi connectivity index (χ1) is 5.81. The summed E-state index contributed by atoms with van der Waals surface area (Å²) in [4.78, 5) is 0. The molecule has 0 saturated heterocycles. The van der Waals surface area contributed by atoms with Gasteiger partial charge < -0.3 is 0 Å². The first kappa shape index (κ1) is 8.83. The molecule has 0 aliphatic heterocycles. The summed E-state index contributed by atoms with van der Waals surface area (Å²) in [6.07, 6.45) is 10.3. The fourth-order valence-corrected chi connectivity index (χ4v) is 1.07. The minimum Gasteiger partial charge on any atom is -0.103 e. The molecule has 0 aromatic heterocycles. The van der Waals surface area contributed by atoms with E-state index in [0.717, 1.165) is 19.3 Å².